The maximum Gasteiger partial charge on any atom is 0.248 e. The minimum Gasteiger partial charge on any atom is -0.510 e. The summed E-state index contributed by atoms with van der Waals surface area (Å²) in [4.78, 5) is 10.6. The van der Waals surface area contributed by atoms with Gasteiger partial charge in [-0.1, -0.05) is 0 Å². The first-order valence-electron chi connectivity index (χ1n) is 3.48. The van der Waals surface area contributed by atoms with Crippen LogP contribution in [0.25, 0.3) is 0 Å². The Hall–Kier alpha value is -0.990. The Balaban J connectivity index is 2.11. The summed E-state index contributed by atoms with van der Waals surface area (Å²) < 4.78 is 0. The van der Waals surface area contributed by atoms with Crippen molar-refractivity contribution in [3.05, 3.63) is 11.8 Å². The smallest absolute Gasteiger partial charge is 0.248 e. The largest absolute Gasteiger partial charge is 0.510 e. The van der Waals surface area contributed by atoms with Gasteiger partial charge < -0.3 is 10.4 Å². The lowest BCUT2D eigenvalue weighted by Crippen LogP contribution is -2.30. The van der Waals surface area contributed by atoms with Gasteiger partial charge in [0.15, 0.2) is 0 Å². The molecule has 1 fully saturated rings. The van der Waals surface area contributed by atoms with E-state index in [-0.39, 0.29) is 17.7 Å². The van der Waals surface area contributed by atoms with E-state index < -0.39 is 0 Å². The molecular formula is C7H9NO2. The average Bonchev–Trinajstić information content (AvgIpc) is 2.61. The van der Waals surface area contributed by atoms with Crippen molar-refractivity contribution in [2.24, 2.45) is 5.92 Å². The Morgan fingerprint density at radius 3 is 2.70 bits per heavy atom. The van der Waals surface area contributed by atoms with Gasteiger partial charge in [0, 0.05) is 6.08 Å². The molecule has 0 spiro atoms. The van der Waals surface area contributed by atoms with Gasteiger partial charge >= 0.3 is 0 Å². The number of hydrogen-bond acceptors (Lipinski definition) is 2. The van der Waals surface area contributed by atoms with E-state index in [1.54, 1.807) is 0 Å². The van der Waals surface area contributed by atoms with Crippen molar-refractivity contribution in [3.8, 4) is 0 Å². The molecule has 1 atom stereocenters. The number of nitrogens with one attached hydrogen (secondary N) is 1. The SMILES string of the molecule is O=C1C=C(O)C(C2CC2)N1. The molecule has 10 heavy (non-hydrogen) atoms. The van der Waals surface area contributed by atoms with Crippen molar-refractivity contribution in [3.63, 3.8) is 0 Å². The lowest BCUT2D eigenvalue weighted by molar-refractivity contribution is -0.116. The van der Waals surface area contributed by atoms with E-state index in [0.29, 0.717) is 5.92 Å². The number of amides is 1. The highest BCUT2D eigenvalue weighted by molar-refractivity contribution is 5.91. The zero-order chi connectivity index (χ0) is 7.14. The molecule has 0 aromatic carbocycles. The third-order valence-electron chi connectivity index (χ3n) is 1.99. The third-order valence-corrected chi connectivity index (χ3v) is 1.99. The topological polar surface area (TPSA) is 49.3 Å². The molecule has 2 rings (SSSR count). The lowest BCUT2D eigenvalue weighted by atomic mass is 10.2. The fraction of sp³-hybridized carbons (Fsp3) is 0.571. The van der Waals surface area contributed by atoms with E-state index >= 15 is 0 Å². The second-order valence-electron chi connectivity index (χ2n) is 2.89. The van der Waals surface area contributed by atoms with Gasteiger partial charge in [0.05, 0.1) is 6.04 Å². The van der Waals surface area contributed by atoms with Crippen molar-refractivity contribution in [1.82, 2.24) is 5.32 Å². The Kier molecular flexibility index (Phi) is 1.01. The van der Waals surface area contributed by atoms with E-state index in [9.17, 15) is 4.79 Å². The monoisotopic (exact) mass is 139 g/mol. The first-order valence-corrected chi connectivity index (χ1v) is 3.48. The van der Waals surface area contributed by atoms with Gasteiger partial charge in [0.25, 0.3) is 0 Å². The molecule has 1 heterocycles. The Bertz CT molecular complexity index is 206. The summed E-state index contributed by atoms with van der Waals surface area (Å²) >= 11 is 0. The lowest BCUT2D eigenvalue weighted by Gasteiger charge is -2.07. The summed E-state index contributed by atoms with van der Waals surface area (Å²) in [6, 6.07) is -0.0625. The normalized spacial score (nSPS) is 31.8. The summed E-state index contributed by atoms with van der Waals surface area (Å²) in [5, 5.41) is 11.8. The van der Waals surface area contributed by atoms with Crippen LogP contribution in [-0.4, -0.2) is 17.1 Å². The molecule has 0 aromatic heterocycles. The fourth-order valence-corrected chi connectivity index (χ4v) is 1.28. The first-order chi connectivity index (χ1) is 4.77. The van der Waals surface area contributed by atoms with Crippen LogP contribution in [-0.2, 0) is 4.79 Å². The number of hydrogen-bond donors (Lipinski definition) is 2. The van der Waals surface area contributed by atoms with Gasteiger partial charge in [-0.15, -0.1) is 0 Å². The van der Waals surface area contributed by atoms with Crippen molar-refractivity contribution < 1.29 is 9.90 Å². The highest BCUT2D eigenvalue weighted by Crippen LogP contribution is 2.36. The highest BCUT2D eigenvalue weighted by Gasteiger charge is 2.37. The first kappa shape index (κ1) is 5.77. The second-order valence-corrected chi connectivity index (χ2v) is 2.89. The molecule has 0 aromatic rings. The van der Waals surface area contributed by atoms with Crippen LogP contribution in [0.3, 0.4) is 0 Å². The van der Waals surface area contributed by atoms with Gasteiger partial charge in [0.1, 0.15) is 5.76 Å². The molecule has 0 radical (unpaired) electrons. The van der Waals surface area contributed by atoms with E-state index in [0.717, 1.165) is 12.8 Å². The molecule has 2 N–H and O–H groups in total. The molecule has 0 bridgehead atoms. The van der Waals surface area contributed by atoms with Crippen molar-refractivity contribution in [2.75, 3.05) is 0 Å². The molecule has 0 saturated heterocycles. The van der Waals surface area contributed by atoms with E-state index in [4.69, 9.17) is 5.11 Å². The Labute approximate surface area is 58.7 Å². The second kappa shape index (κ2) is 1.75. The van der Waals surface area contributed by atoms with Crippen LogP contribution in [0.4, 0.5) is 0 Å². The van der Waals surface area contributed by atoms with E-state index in [2.05, 4.69) is 5.32 Å². The summed E-state index contributed by atoms with van der Waals surface area (Å²) in [5.74, 6) is 0.560. The third kappa shape index (κ3) is 0.781. The minimum atomic E-state index is -0.158. The predicted octanol–water partition coefficient (Wildman–Crippen LogP) is 0.337. The van der Waals surface area contributed by atoms with Crippen molar-refractivity contribution in [2.45, 2.75) is 18.9 Å². The van der Waals surface area contributed by atoms with E-state index in [1.807, 2.05) is 0 Å². The minimum absolute atomic E-state index is 0.0625. The van der Waals surface area contributed by atoms with Crippen LogP contribution in [0.1, 0.15) is 12.8 Å². The van der Waals surface area contributed by atoms with Crippen LogP contribution in [0.15, 0.2) is 11.8 Å². The summed E-state index contributed by atoms with van der Waals surface area (Å²) in [5.41, 5.74) is 0. The summed E-state index contributed by atoms with van der Waals surface area (Å²) in [6.45, 7) is 0. The molecule has 54 valence electrons. The van der Waals surface area contributed by atoms with Crippen molar-refractivity contribution >= 4 is 5.91 Å². The molecule has 3 heteroatoms. The summed E-state index contributed by atoms with van der Waals surface area (Å²) in [6.07, 6.45) is 3.52. The van der Waals surface area contributed by atoms with Crippen LogP contribution < -0.4 is 5.32 Å². The predicted molar refractivity (Wildman–Crippen MR) is 35.4 cm³/mol. The quantitative estimate of drug-likeness (QED) is 0.550. The highest BCUT2D eigenvalue weighted by atomic mass is 16.3. The number of aliphatic hydroxyl groups excluding tert-OH is 1. The van der Waals surface area contributed by atoms with Gasteiger partial charge in [-0.2, -0.15) is 0 Å². The number of carbonyl (C=O) groups is 1. The molecule has 2 aliphatic rings. The maximum atomic E-state index is 10.6. The van der Waals surface area contributed by atoms with Crippen LogP contribution in [0.2, 0.25) is 0 Å². The molecule has 1 amide bonds. The Morgan fingerprint density at radius 1 is 1.60 bits per heavy atom. The number of carbonyl (C=O) groups excluding carboxylic acids is 1. The Morgan fingerprint density at radius 2 is 2.30 bits per heavy atom. The molecule has 1 aliphatic carbocycles. The average molecular weight is 139 g/mol. The molecule has 1 saturated carbocycles. The molecule has 3 nitrogen and oxygen atoms in total. The van der Waals surface area contributed by atoms with Crippen LogP contribution in [0, 0.1) is 5.92 Å². The van der Waals surface area contributed by atoms with Gasteiger partial charge in [-0.25, -0.2) is 0 Å². The van der Waals surface area contributed by atoms with Crippen molar-refractivity contribution in [1.29, 1.82) is 0 Å². The van der Waals surface area contributed by atoms with E-state index in [1.165, 1.54) is 6.08 Å². The molecule has 1 unspecified atom stereocenters. The zero-order valence-corrected chi connectivity index (χ0v) is 5.50. The van der Waals surface area contributed by atoms with Crippen LogP contribution in [0.5, 0.6) is 0 Å². The molecular weight excluding hydrogens is 130 g/mol. The van der Waals surface area contributed by atoms with Crippen LogP contribution >= 0.6 is 0 Å². The standard InChI is InChI=1S/C7H9NO2/c9-5-3-6(10)8-7(5)4-1-2-4/h3-4,7,9H,1-2H2,(H,8,10). The fourth-order valence-electron chi connectivity index (χ4n) is 1.28. The van der Waals surface area contributed by atoms with Gasteiger partial charge in [-0.3, -0.25) is 4.79 Å². The molecule has 1 aliphatic heterocycles. The number of rotatable bonds is 1. The summed E-state index contributed by atoms with van der Waals surface area (Å²) in [7, 11) is 0. The van der Waals surface area contributed by atoms with Gasteiger partial charge in [-0.05, 0) is 18.8 Å². The maximum absolute atomic E-state index is 10.6. The van der Waals surface area contributed by atoms with Gasteiger partial charge in [0.2, 0.25) is 5.91 Å². The zero-order valence-electron chi connectivity index (χ0n) is 5.50. The number of aliphatic hydroxyl groups is 1.